The summed E-state index contributed by atoms with van der Waals surface area (Å²) in [6, 6.07) is 11.8. The Bertz CT molecular complexity index is 694. The van der Waals surface area contributed by atoms with Gasteiger partial charge in [-0.1, -0.05) is 23.8 Å². The van der Waals surface area contributed by atoms with E-state index in [9.17, 15) is 14.7 Å². The van der Waals surface area contributed by atoms with Gasteiger partial charge in [-0.2, -0.15) is 0 Å². The molecule has 2 N–H and O–H groups in total. The third kappa shape index (κ3) is 3.20. The Balaban J connectivity index is 2.44. The maximum Gasteiger partial charge on any atom is 0.339 e. The number of para-hydroxylation sites is 1. The molecule has 0 heterocycles. The second kappa shape index (κ2) is 6.09. The molecule has 0 aromatic heterocycles. The molecular weight excluding hydrogens is 270 g/mol. The number of carboxylic acid groups (broad SMARTS) is 1. The Morgan fingerprint density at radius 2 is 1.71 bits per heavy atom. The Hall–Kier alpha value is -2.82. The number of methoxy groups -OCH3 is 1. The molecule has 0 fully saturated rings. The first-order chi connectivity index (χ1) is 10.0. The summed E-state index contributed by atoms with van der Waals surface area (Å²) < 4.78 is 4.72. The first-order valence-electron chi connectivity index (χ1n) is 6.31. The molecule has 5 nitrogen and oxygen atoms in total. The van der Waals surface area contributed by atoms with Crippen molar-refractivity contribution in [3.63, 3.8) is 0 Å². The van der Waals surface area contributed by atoms with E-state index < -0.39 is 11.9 Å². The SMILES string of the molecule is COC(=O)c1ccccc1Nc1ccc(C)cc1C(=O)O. The molecule has 5 heteroatoms. The summed E-state index contributed by atoms with van der Waals surface area (Å²) in [5, 5.41) is 12.2. The van der Waals surface area contributed by atoms with E-state index in [0.29, 0.717) is 16.9 Å². The minimum atomic E-state index is -1.03. The highest BCUT2D eigenvalue weighted by Gasteiger charge is 2.14. The third-order valence-electron chi connectivity index (χ3n) is 3.01. The molecule has 0 saturated heterocycles. The fourth-order valence-corrected chi connectivity index (χ4v) is 1.97. The van der Waals surface area contributed by atoms with Gasteiger partial charge in [-0.3, -0.25) is 0 Å². The smallest absolute Gasteiger partial charge is 0.339 e. The minimum absolute atomic E-state index is 0.148. The Morgan fingerprint density at radius 3 is 2.38 bits per heavy atom. The maximum absolute atomic E-state index is 11.7. The topological polar surface area (TPSA) is 75.6 Å². The number of aromatic carboxylic acids is 1. The lowest BCUT2D eigenvalue weighted by molar-refractivity contribution is 0.0601. The van der Waals surface area contributed by atoms with Crippen LogP contribution in [0.5, 0.6) is 0 Å². The van der Waals surface area contributed by atoms with Crippen molar-refractivity contribution in [2.24, 2.45) is 0 Å². The third-order valence-corrected chi connectivity index (χ3v) is 3.01. The lowest BCUT2D eigenvalue weighted by Crippen LogP contribution is -2.08. The summed E-state index contributed by atoms with van der Waals surface area (Å²) >= 11 is 0. The zero-order chi connectivity index (χ0) is 15.4. The molecule has 0 aliphatic rings. The predicted octanol–water partition coefficient (Wildman–Crippen LogP) is 3.22. The molecule has 0 aliphatic carbocycles. The average molecular weight is 285 g/mol. The number of nitrogens with one attached hydrogen (secondary N) is 1. The van der Waals surface area contributed by atoms with Crippen LogP contribution in [0.2, 0.25) is 0 Å². The number of rotatable bonds is 4. The van der Waals surface area contributed by atoms with Gasteiger partial charge in [0.2, 0.25) is 0 Å². The van der Waals surface area contributed by atoms with Crippen molar-refractivity contribution in [3.8, 4) is 0 Å². The second-order valence-electron chi connectivity index (χ2n) is 4.52. The molecule has 0 aliphatic heterocycles. The van der Waals surface area contributed by atoms with Crippen molar-refractivity contribution < 1.29 is 19.4 Å². The lowest BCUT2D eigenvalue weighted by atomic mass is 10.1. The summed E-state index contributed by atoms with van der Waals surface area (Å²) in [5.41, 5.74) is 2.26. The molecule has 2 aromatic rings. The van der Waals surface area contributed by atoms with Crippen molar-refractivity contribution in [2.75, 3.05) is 12.4 Å². The summed E-state index contributed by atoms with van der Waals surface area (Å²) in [6.45, 7) is 1.82. The number of benzene rings is 2. The van der Waals surface area contributed by atoms with Gasteiger partial charge in [0.25, 0.3) is 0 Å². The molecular formula is C16H15NO4. The van der Waals surface area contributed by atoms with Crippen LogP contribution in [0.15, 0.2) is 42.5 Å². The van der Waals surface area contributed by atoms with Crippen molar-refractivity contribution >= 4 is 23.3 Å². The fourth-order valence-electron chi connectivity index (χ4n) is 1.97. The average Bonchev–Trinajstić information content (AvgIpc) is 2.48. The van der Waals surface area contributed by atoms with E-state index in [-0.39, 0.29) is 5.56 Å². The summed E-state index contributed by atoms with van der Waals surface area (Å²) in [5.74, 6) is -1.51. The Morgan fingerprint density at radius 1 is 1.05 bits per heavy atom. The summed E-state index contributed by atoms with van der Waals surface area (Å²) in [6.07, 6.45) is 0. The maximum atomic E-state index is 11.7. The number of esters is 1. The number of anilines is 2. The van der Waals surface area contributed by atoms with Gasteiger partial charge in [0.05, 0.1) is 29.6 Å². The highest BCUT2D eigenvalue weighted by Crippen LogP contribution is 2.25. The highest BCUT2D eigenvalue weighted by molar-refractivity contribution is 5.99. The second-order valence-corrected chi connectivity index (χ2v) is 4.52. The lowest BCUT2D eigenvalue weighted by Gasteiger charge is -2.13. The molecule has 0 atom stereocenters. The van der Waals surface area contributed by atoms with Crippen LogP contribution in [0, 0.1) is 6.92 Å². The Kier molecular flexibility index (Phi) is 4.23. The quantitative estimate of drug-likeness (QED) is 0.843. The zero-order valence-corrected chi connectivity index (χ0v) is 11.7. The molecule has 0 amide bonds. The first-order valence-corrected chi connectivity index (χ1v) is 6.31. The molecule has 2 aromatic carbocycles. The standard InChI is InChI=1S/C16H15NO4/c1-10-7-8-14(12(9-10)15(18)19)17-13-6-4-3-5-11(13)16(20)21-2/h3-9,17H,1-2H3,(H,18,19). The van der Waals surface area contributed by atoms with Gasteiger partial charge in [0, 0.05) is 0 Å². The van der Waals surface area contributed by atoms with Crippen LogP contribution in [0.3, 0.4) is 0 Å². The van der Waals surface area contributed by atoms with Crippen LogP contribution < -0.4 is 5.32 Å². The summed E-state index contributed by atoms with van der Waals surface area (Å²) in [4.78, 5) is 23.0. The van der Waals surface area contributed by atoms with Crippen molar-refractivity contribution in [2.45, 2.75) is 6.92 Å². The van der Waals surface area contributed by atoms with Crippen LogP contribution in [-0.2, 0) is 4.74 Å². The largest absolute Gasteiger partial charge is 0.478 e. The number of carbonyl (C=O) groups excluding carboxylic acids is 1. The normalized spacial score (nSPS) is 10.0. The van der Waals surface area contributed by atoms with E-state index in [2.05, 4.69) is 5.32 Å². The zero-order valence-electron chi connectivity index (χ0n) is 11.7. The van der Waals surface area contributed by atoms with E-state index in [1.165, 1.54) is 7.11 Å². The van der Waals surface area contributed by atoms with Gasteiger partial charge < -0.3 is 15.2 Å². The van der Waals surface area contributed by atoms with E-state index in [4.69, 9.17) is 4.74 Å². The van der Waals surface area contributed by atoms with Gasteiger partial charge >= 0.3 is 11.9 Å². The monoisotopic (exact) mass is 285 g/mol. The van der Waals surface area contributed by atoms with E-state index in [1.807, 2.05) is 6.92 Å². The number of ether oxygens (including phenoxy) is 1. The molecule has 2 rings (SSSR count). The van der Waals surface area contributed by atoms with Gasteiger partial charge in [-0.15, -0.1) is 0 Å². The van der Waals surface area contributed by atoms with Crippen molar-refractivity contribution in [1.29, 1.82) is 0 Å². The number of hydrogen-bond acceptors (Lipinski definition) is 4. The molecule has 0 saturated carbocycles. The molecule has 21 heavy (non-hydrogen) atoms. The molecule has 0 spiro atoms. The molecule has 0 radical (unpaired) electrons. The number of carbonyl (C=O) groups is 2. The molecule has 0 unspecified atom stereocenters. The van der Waals surface area contributed by atoms with E-state index >= 15 is 0 Å². The van der Waals surface area contributed by atoms with Crippen LogP contribution in [0.25, 0.3) is 0 Å². The first kappa shape index (κ1) is 14.6. The highest BCUT2D eigenvalue weighted by atomic mass is 16.5. The fraction of sp³-hybridized carbons (Fsp3) is 0.125. The van der Waals surface area contributed by atoms with Gasteiger partial charge in [0.15, 0.2) is 0 Å². The summed E-state index contributed by atoms with van der Waals surface area (Å²) in [7, 11) is 1.30. The number of aryl methyl sites for hydroxylation is 1. The Labute approximate surface area is 122 Å². The van der Waals surface area contributed by atoms with Crippen molar-refractivity contribution in [1.82, 2.24) is 0 Å². The van der Waals surface area contributed by atoms with Crippen LogP contribution in [0.1, 0.15) is 26.3 Å². The van der Waals surface area contributed by atoms with Gasteiger partial charge in [-0.05, 0) is 31.2 Å². The van der Waals surface area contributed by atoms with Gasteiger partial charge in [-0.25, -0.2) is 9.59 Å². The number of hydrogen-bond donors (Lipinski definition) is 2. The minimum Gasteiger partial charge on any atom is -0.478 e. The van der Waals surface area contributed by atoms with Crippen LogP contribution in [0.4, 0.5) is 11.4 Å². The van der Waals surface area contributed by atoms with E-state index in [0.717, 1.165) is 5.56 Å². The van der Waals surface area contributed by atoms with Crippen LogP contribution in [-0.4, -0.2) is 24.2 Å². The molecule has 108 valence electrons. The van der Waals surface area contributed by atoms with Crippen LogP contribution >= 0.6 is 0 Å². The number of carboxylic acids is 1. The molecule has 0 bridgehead atoms. The van der Waals surface area contributed by atoms with Crippen molar-refractivity contribution in [3.05, 3.63) is 59.2 Å². The predicted molar refractivity (Wildman–Crippen MR) is 79.2 cm³/mol. The van der Waals surface area contributed by atoms with Gasteiger partial charge in [0.1, 0.15) is 0 Å². The van der Waals surface area contributed by atoms with E-state index in [1.54, 1.807) is 42.5 Å².